The van der Waals surface area contributed by atoms with E-state index < -0.39 is 0 Å². The number of rotatable bonds is 7. The van der Waals surface area contributed by atoms with Crippen molar-refractivity contribution in [2.24, 2.45) is 5.41 Å². The summed E-state index contributed by atoms with van der Waals surface area (Å²) in [5, 5.41) is 10.4. The summed E-state index contributed by atoms with van der Waals surface area (Å²) < 4.78 is 5.15. The first-order valence-corrected chi connectivity index (χ1v) is 7.79. The Morgan fingerprint density at radius 1 is 1.14 bits per heavy atom. The number of H-pyrrole nitrogens is 1. The van der Waals surface area contributed by atoms with Crippen molar-refractivity contribution in [3.8, 4) is 17.1 Å². The maximum Gasteiger partial charge on any atom is 0.242 e. The van der Waals surface area contributed by atoms with Crippen LogP contribution >= 0.6 is 0 Å². The van der Waals surface area contributed by atoms with Gasteiger partial charge < -0.3 is 10.1 Å². The van der Waals surface area contributed by atoms with Gasteiger partial charge in [0.1, 0.15) is 5.75 Å². The van der Waals surface area contributed by atoms with Gasteiger partial charge in [-0.15, -0.1) is 5.10 Å². The molecule has 0 spiro atoms. The van der Waals surface area contributed by atoms with Gasteiger partial charge in [-0.1, -0.05) is 27.2 Å². The molecule has 2 rings (SSSR count). The van der Waals surface area contributed by atoms with E-state index in [4.69, 9.17) is 4.74 Å². The Morgan fingerprint density at radius 3 is 2.50 bits per heavy atom. The van der Waals surface area contributed by atoms with E-state index in [2.05, 4.69) is 41.3 Å². The van der Waals surface area contributed by atoms with Crippen molar-refractivity contribution < 1.29 is 4.74 Å². The van der Waals surface area contributed by atoms with Gasteiger partial charge in [0.15, 0.2) is 5.82 Å². The summed E-state index contributed by atoms with van der Waals surface area (Å²) >= 11 is 0. The van der Waals surface area contributed by atoms with Gasteiger partial charge in [-0.25, -0.2) is 0 Å². The van der Waals surface area contributed by atoms with Crippen molar-refractivity contribution in [1.82, 2.24) is 15.2 Å². The first-order chi connectivity index (χ1) is 10.5. The molecule has 0 amide bonds. The van der Waals surface area contributed by atoms with E-state index in [0.717, 1.165) is 30.1 Å². The molecule has 0 atom stereocenters. The topological polar surface area (TPSA) is 62.8 Å². The van der Waals surface area contributed by atoms with Gasteiger partial charge in [0.25, 0.3) is 0 Å². The number of hydrogen-bond acceptors (Lipinski definition) is 4. The predicted molar refractivity (Wildman–Crippen MR) is 90.2 cm³/mol. The molecule has 0 aliphatic heterocycles. The van der Waals surface area contributed by atoms with Gasteiger partial charge in [-0.3, -0.25) is 5.10 Å². The van der Waals surface area contributed by atoms with Crippen molar-refractivity contribution in [2.75, 3.05) is 19.0 Å². The van der Waals surface area contributed by atoms with Crippen molar-refractivity contribution in [3.05, 3.63) is 24.3 Å². The monoisotopic (exact) mass is 302 g/mol. The SMILES string of the molecule is COc1ccc(-c2nc(NCCCCC(C)(C)C)n[nH]2)cc1. The molecule has 1 heterocycles. The van der Waals surface area contributed by atoms with Crippen LogP contribution in [0.3, 0.4) is 0 Å². The van der Waals surface area contributed by atoms with Gasteiger partial charge in [0.2, 0.25) is 5.95 Å². The van der Waals surface area contributed by atoms with Crippen LogP contribution in [0.15, 0.2) is 24.3 Å². The van der Waals surface area contributed by atoms with Gasteiger partial charge in [-0.05, 0) is 42.5 Å². The summed E-state index contributed by atoms with van der Waals surface area (Å²) in [5.41, 5.74) is 1.40. The van der Waals surface area contributed by atoms with E-state index in [1.54, 1.807) is 7.11 Å². The lowest BCUT2D eigenvalue weighted by molar-refractivity contribution is 0.362. The Bertz CT molecular complexity index is 569. The molecule has 0 saturated carbocycles. The number of unbranched alkanes of at least 4 members (excludes halogenated alkanes) is 1. The van der Waals surface area contributed by atoms with E-state index in [-0.39, 0.29) is 0 Å². The smallest absolute Gasteiger partial charge is 0.242 e. The summed E-state index contributed by atoms with van der Waals surface area (Å²) in [4.78, 5) is 4.46. The average molecular weight is 302 g/mol. The Kier molecular flexibility index (Phi) is 5.41. The molecular weight excluding hydrogens is 276 g/mol. The predicted octanol–water partition coefficient (Wildman–Crippen LogP) is 4.11. The van der Waals surface area contributed by atoms with Crippen LogP contribution in [0.2, 0.25) is 0 Å². The van der Waals surface area contributed by atoms with Crippen molar-refractivity contribution in [1.29, 1.82) is 0 Å². The van der Waals surface area contributed by atoms with Crippen LogP contribution in [0.1, 0.15) is 40.0 Å². The highest BCUT2D eigenvalue weighted by molar-refractivity contribution is 5.57. The molecule has 5 heteroatoms. The Labute approximate surface area is 132 Å². The lowest BCUT2D eigenvalue weighted by atomic mass is 9.90. The minimum Gasteiger partial charge on any atom is -0.497 e. The summed E-state index contributed by atoms with van der Waals surface area (Å²) in [6.07, 6.45) is 3.58. The number of aromatic amines is 1. The molecule has 0 bridgehead atoms. The number of anilines is 1. The maximum atomic E-state index is 5.15. The van der Waals surface area contributed by atoms with E-state index in [0.29, 0.717) is 11.4 Å². The molecule has 2 aromatic rings. The normalized spacial score (nSPS) is 11.5. The molecule has 0 fully saturated rings. The van der Waals surface area contributed by atoms with Crippen LogP contribution in [0.5, 0.6) is 5.75 Å². The lowest BCUT2D eigenvalue weighted by Gasteiger charge is -2.17. The second-order valence-corrected chi connectivity index (χ2v) is 6.68. The Hall–Kier alpha value is -2.04. The average Bonchev–Trinajstić information content (AvgIpc) is 2.95. The molecular formula is C17H26N4O. The maximum absolute atomic E-state index is 5.15. The minimum absolute atomic E-state index is 0.409. The van der Waals surface area contributed by atoms with Crippen LogP contribution in [0.4, 0.5) is 5.95 Å². The zero-order chi connectivity index (χ0) is 16.0. The highest BCUT2D eigenvalue weighted by Gasteiger charge is 2.09. The molecule has 0 saturated heterocycles. The molecule has 1 aromatic heterocycles. The summed E-state index contributed by atoms with van der Waals surface area (Å²) in [5.74, 6) is 2.25. The van der Waals surface area contributed by atoms with E-state index >= 15 is 0 Å². The van der Waals surface area contributed by atoms with E-state index in [1.807, 2.05) is 24.3 Å². The molecule has 0 aliphatic rings. The number of ether oxygens (including phenoxy) is 1. The van der Waals surface area contributed by atoms with Crippen molar-refractivity contribution in [2.45, 2.75) is 40.0 Å². The van der Waals surface area contributed by atoms with E-state index in [9.17, 15) is 0 Å². The number of benzene rings is 1. The fraction of sp³-hybridized carbons (Fsp3) is 0.529. The first-order valence-electron chi connectivity index (χ1n) is 7.79. The lowest BCUT2D eigenvalue weighted by Crippen LogP contribution is -2.07. The largest absolute Gasteiger partial charge is 0.497 e. The zero-order valence-electron chi connectivity index (χ0n) is 13.9. The van der Waals surface area contributed by atoms with Crippen LogP contribution < -0.4 is 10.1 Å². The first kappa shape index (κ1) is 16.3. The number of nitrogens with one attached hydrogen (secondary N) is 2. The number of nitrogens with zero attached hydrogens (tertiary/aromatic N) is 2. The van der Waals surface area contributed by atoms with Crippen molar-refractivity contribution in [3.63, 3.8) is 0 Å². The minimum atomic E-state index is 0.409. The highest BCUT2D eigenvalue weighted by Crippen LogP contribution is 2.22. The second kappa shape index (κ2) is 7.29. The summed E-state index contributed by atoms with van der Waals surface area (Å²) in [7, 11) is 1.66. The molecule has 0 radical (unpaired) electrons. The molecule has 5 nitrogen and oxygen atoms in total. The van der Waals surface area contributed by atoms with Gasteiger partial charge >= 0.3 is 0 Å². The van der Waals surface area contributed by atoms with E-state index in [1.165, 1.54) is 12.8 Å². The third kappa shape index (κ3) is 5.06. The fourth-order valence-electron chi connectivity index (χ4n) is 2.20. The Balaban J connectivity index is 1.81. The third-order valence-electron chi connectivity index (χ3n) is 3.49. The molecule has 0 unspecified atom stereocenters. The number of methoxy groups -OCH3 is 1. The molecule has 0 aliphatic carbocycles. The Morgan fingerprint density at radius 2 is 1.86 bits per heavy atom. The standard InChI is InChI=1S/C17H26N4O/c1-17(2,3)11-5-6-12-18-16-19-15(20-21-16)13-7-9-14(22-4)10-8-13/h7-10H,5-6,11-12H2,1-4H3,(H2,18,19,20,21). The number of aromatic nitrogens is 3. The third-order valence-corrected chi connectivity index (χ3v) is 3.49. The second-order valence-electron chi connectivity index (χ2n) is 6.68. The van der Waals surface area contributed by atoms with Crippen LogP contribution in [-0.4, -0.2) is 28.8 Å². The number of hydrogen-bond donors (Lipinski definition) is 2. The summed E-state index contributed by atoms with van der Waals surface area (Å²) in [6, 6.07) is 7.76. The molecule has 120 valence electrons. The van der Waals surface area contributed by atoms with Gasteiger partial charge in [-0.2, -0.15) is 4.98 Å². The fourth-order valence-corrected chi connectivity index (χ4v) is 2.20. The van der Waals surface area contributed by atoms with Crippen LogP contribution in [0, 0.1) is 5.41 Å². The quantitative estimate of drug-likeness (QED) is 0.756. The highest BCUT2D eigenvalue weighted by atomic mass is 16.5. The van der Waals surface area contributed by atoms with Gasteiger partial charge in [0.05, 0.1) is 7.11 Å². The van der Waals surface area contributed by atoms with Crippen LogP contribution in [0.25, 0.3) is 11.4 Å². The molecule has 2 N–H and O–H groups in total. The molecule has 1 aromatic carbocycles. The van der Waals surface area contributed by atoms with Crippen LogP contribution in [-0.2, 0) is 0 Å². The summed E-state index contributed by atoms with van der Waals surface area (Å²) in [6.45, 7) is 7.72. The zero-order valence-corrected chi connectivity index (χ0v) is 13.9. The molecule has 22 heavy (non-hydrogen) atoms. The van der Waals surface area contributed by atoms with Crippen molar-refractivity contribution >= 4 is 5.95 Å². The van der Waals surface area contributed by atoms with Gasteiger partial charge in [0, 0.05) is 12.1 Å².